The summed E-state index contributed by atoms with van der Waals surface area (Å²) in [7, 11) is 4.11. The predicted molar refractivity (Wildman–Crippen MR) is 77.7 cm³/mol. The molecule has 0 spiro atoms. The molecular formula is C14H17BrFN3. The van der Waals surface area contributed by atoms with Crippen molar-refractivity contribution in [1.29, 1.82) is 5.26 Å². The van der Waals surface area contributed by atoms with Gasteiger partial charge in [-0.1, -0.05) is 0 Å². The molecule has 1 unspecified atom stereocenters. The topological polar surface area (TPSA) is 30.3 Å². The van der Waals surface area contributed by atoms with Crippen molar-refractivity contribution in [1.82, 2.24) is 4.90 Å². The van der Waals surface area contributed by atoms with Crippen molar-refractivity contribution in [2.24, 2.45) is 0 Å². The lowest BCUT2D eigenvalue weighted by atomic mass is 10.0. The van der Waals surface area contributed by atoms with Gasteiger partial charge in [0.05, 0.1) is 15.7 Å². The van der Waals surface area contributed by atoms with Crippen LogP contribution in [0.25, 0.3) is 0 Å². The molecule has 1 saturated heterocycles. The summed E-state index contributed by atoms with van der Waals surface area (Å²) in [4.78, 5) is 4.25. The SMILES string of the molecule is CN(C)C1CCCN(c2ccc(C#N)c(Br)c2F)C1. The average molecular weight is 326 g/mol. The van der Waals surface area contributed by atoms with Crippen molar-refractivity contribution < 1.29 is 4.39 Å². The lowest BCUT2D eigenvalue weighted by molar-refractivity contribution is 0.257. The minimum atomic E-state index is -0.335. The van der Waals surface area contributed by atoms with Gasteiger partial charge < -0.3 is 9.80 Å². The molecule has 0 saturated carbocycles. The molecule has 5 heteroatoms. The van der Waals surface area contributed by atoms with Gasteiger partial charge in [0.2, 0.25) is 0 Å². The number of rotatable bonds is 2. The Balaban J connectivity index is 2.27. The number of hydrogen-bond acceptors (Lipinski definition) is 3. The van der Waals surface area contributed by atoms with Gasteiger partial charge in [0.15, 0.2) is 5.82 Å². The van der Waals surface area contributed by atoms with E-state index >= 15 is 0 Å². The molecule has 0 aliphatic carbocycles. The highest BCUT2D eigenvalue weighted by Crippen LogP contribution is 2.31. The van der Waals surface area contributed by atoms with Gasteiger partial charge in [-0.2, -0.15) is 5.26 Å². The Bertz CT molecular complexity index is 510. The minimum Gasteiger partial charge on any atom is -0.368 e. The maximum Gasteiger partial charge on any atom is 0.161 e. The van der Waals surface area contributed by atoms with Crippen LogP contribution in [-0.4, -0.2) is 38.1 Å². The van der Waals surface area contributed by atoms with Crippen LogP contribution >= 0.6 is 15.9 Å². The number of nitrogens with zero attached hydrogens (tertiary/aromatic N) is 3. The van der Waals surface area contributed by atoms with Crippen LogP contribution < -0.4 is 4.90 Å². The Kier molecular flexibility index (Phi) is 4.43. The number of benzene rings is 1. The van der Waals surface area contributed by atoms with E-state index in [0.717, 1.165) is 25.9 Å². The van der Waals surface area contributed by atoms with Crippen LogP contribution in [0.1, 0.15) is 18.4 Å². The third-order valence-electron chi connectivity index (χ3n) is 3.65. The molecule has 0 amide bonds. The Morgan fingerprint density at radius 2 is 2.21 bits per heavy atom. The van der Waals surface area contributed by atoms with Gasteiger partial charge in [-0.15, -0.1) is 0 Å². The Morgan fingerprint density at radius 1 is 1.47 bits per heavy atom. The first-order valence-corrected chi connectivity index (χ1v) is 7.13. The van der Waals surface area contributed by atoms with Crippen molar-refractivity contribution in [2.75, 3.05) is 32.1 Å². The van der Waals surface area contributed by atoms with Gasteiger partial charge >= 0.3 is 0 Å². The maximum absolute atomic E-state index is 14.3. The average Bonchev–Trinajstić information content (AvgIpc) is 2.42. The van der Waals surface area contributed by atoms with Crippen molar-refractivity contribution >= 4 is 21.6 Å². The van der Waals surface area contributed by atoms with Gasteiger partial charge in [-0.05, 0) is 55.0 Å². The van der Waals surface area contributed by atoms with Crippen molar-refractivity contribution in [3.63, 3.8) is 0 Å². The summed E-state index contributed by atoms with van der Waals surface area (Å²) in [5.74, 6) is -0.335. The largest absolute Gasteiger partial charge is 0.368 e. The smallest absolute Gasteiger partial charge is 0.161 e. The second-order valence-electron chi connectivity index (χ2n) is 5.08. The molecule has 1 atom stereocenters. The van der Waals surface area contributed by atoms with E-state index < -0.39 is 0 Å². The van der Waals surface area contributed by atoms with E-state index in [2.05, 4.69) is 39.8 Å². The first-order valence-electron chi connectivity index (χ1n) is 6.34. The molecule has 1 aromatic rings. The summed E-state index contributed by atoms with van der Waals surface area (Å²) in [6.45, 7) is 1.68. The molecule has 2 rings (SSSR count). The fourth-order valence-electron chi connectivity index (χ4n) is 2.46. The van der Waals surface area contributed by atoms with E-state index in [1.54, 1.807) is 12.1 Å². The first-order chi connectivity index (χ1) is 9.04. The minimum absolute atomic E-state index is 0.263. The van der Waals surface area contributed by atoms with E-state index in [9.17, 15) is 4.39 Å². The number of anilines is 1. The van der Waals surface area contributed by atoms with E-state index in [-0.39, 0.29) is 10.3 Å². The van der Waals surface area contributed by atoms with Crippen LogP contribution in [0.4, 0.5) is 10.1 Å². The highest BCUT2D eigenvalue weighted by molar-refractivity contribution is 9.10. The van der Waals surface area contributed by atoms with Crippen LogP contribution in [0.3, 0.4) is 0 Å². The van der Waals surface area contributed by atoms with E-state index in [1.807, 2.05) is 6.07 Å². The van der Waals surface area contributed by atoms with Crippen molar-refractivity contribution in [3.8, 4) is 6.07 Å². The second kappa shape index (κ2) is 5.89. The standard InChI is InChI=1S/C14H17BrFN3/c1-18(2)11-4-3-7-19(9-11)12-6-5-10(8-17)13(15)14(12)16/h5-6,11H,3-4,7,9H2,1-2H3. The molecule has 0 N–H and O–H groups in total. The maximum atomic E-state index is 14.3. The molecule has 1 fully saturated rings. The zero-order chi connectivity index (χ0) is 14.0. The highest BCUT2D eigenvalue weighted by Gasteiger charge is 2.24. The van der Waals surface area contributed by atoms with Gasteiger partial charge in [-0.25, -0.2) is 4.39 Å². The fourth-order valence-corrected chi connectivity index (χ4v) is 2.89. The summed E-state index contributed by atoms with van der Waals surface area (Å²) in [6.07, 6.45) is 2.20. The molecule has 0 radical (unpaired) electrons. The highest BCUT2D eigenvalue weighted by atomic mass is 79.9. The summed E-state index contributed by atoms with van der Waals surface area (Å²) in [6, 6.07) is 5.80. The van der Waals surface area contributed by atoms with Crippen LogP contribution in [0.2, 0.25) is 0 Å². The third kappa shape index (κ3) is 2.90. The number of likely N-dealkylation sites (N-methyl/N-ethyl adjacent to an activating group) is 1. The van der Waals surface area contributed by atoms with E-state index in [1.165, 1.54) is 0 Å². The summed E-state index contributed by atoms with van der Waals surface area (Å²) >= 11 is 3.17. The first kappa shape index (κ1) is 14.3. The van der Waals surface area contributed by atoms with Gasteiger partial charge in [0.25, 0.3) is 0 Å². The molecule has 1 aliphatic heterocycles. The summed E-state index contributed by atoms with van der Waals surface area (Å²) in [5, 5.41) is 8.89. The third-order valence-corrected chi connectivity index (χ3v) is 4.43. The molecule has 19 heavy (non-hydrogen) atoms. The van der Waals surface area contributed by atoms with Crippen molar-refractivity contribution in [2.45, 2.75) is 18.9 Å². The lowest BCUT2D eigenvalue weighted by Crippen LogP contribution is -2.45. The molecule has 1 heterocycles. The van der Waals surface area contributed by atoms with E-state index in [0.29, 0.717) is 17.3 Å². The normalized spacial score (nSPS) is 19.6. The Hall–Kier alpha value is -1.12. The molecule has 3 nitrogen and oxygen atoms in total. The van der Waals surface area contributed by atoms with Gasteiger partial charge in [-0.3, -0.25) is 0 Å². The number of piperidine rings is 1. The van der Waals surface area contributed by atoms with Gasteiger partial charge in [0, 0.05) is 19.1 Å². The van der Waals surface area contributed by atoms with Crippen LogP contribution in [0, 0.1) is 17.1 Å². The van der Waals surface area contributed by atoms with E-state index in [4.69, 9.17) is 5.26 Å². The number of hydrogen-bond donors (Lipinski definition) is 0. The summed E-state index contributed by atoms with van der Waals surface area (Å²) in [5.41, 5.74) is 0.917. The van der Waals surface area contributed by atoms with Crippen LogP contribution in [0.5, 0.6) is 0 Å². The lowest BCUT2D eigenvalue weighted by Gasteiger charge is -2.37. The molecular weight excluding hydrogens is 309 g/mol. The molecule has 0 aromatic heterocycles. The molecule has 0 bridgehead atoms. The zero-order valence-electron chi connectivity index (χ0n) is 11.2. The molecule has 1 aliphatic rings. The predicted octanol–water partition coefficient (Wildman–Crippen LogP) is 2.99. The Labute approximate surface area is 121 Å². The molecule has 102 valence electrons. The number of nitriles is 1. The fraction of sp³-hybridized carbons (Fsp3) is 0.500. The van der Waals surface area contributed by atoms with Crippen LogP contribution in [0.15, 0.2) is 16.6 Å². The molecule has 1 aromatic carbocycles. The van der Waals surface area contributed by atoms with Crippen molar-refractivity contribution in [3.05, 3.63) is 28.0 Å². The van der Waals surface area contributed by atoms with Crippen LogP contribution in [-0.2, 0) is 0 Å². The summed E-state index contributed by atoms with van der Waals surface area (Å²) < 4.78 is 14.6. The Morgan fingerprint density at radius 3 is 2.84 bits per heavy atom. The van der Waals surface area contributed by atoms with Gasteiger partial charge in [0.1, 0.15) is 6.07 Å². The monoisotopic (exact) mass is 325 g/mol. The number of halogens is 2. The quantitative estimate of drug-likeness (QED) is 0.837. The second-order valence-corrected chi connectivity index (χ2v) is 5.87. The zero-order valence-corrected chi connectivity index (χ0v) is 12.7.